The van der Waals surface area contributed by atoms with Crippen LogP contribution in [0, 0.1) is 0 Å². The summed E-state index contributed by atoms with van der Waals surface area (Å²) in [5.41, 5.74) is 1.02. The van der Waals surface area contributed by atoms with Gasteiger partial charge in [-0.2, -0.15) is 17.0 Å². The van der Waals surface area contributed by atoms with E-state index in [-0.39, 0.29) is 0 Å². The van der Waals surface area contributed by atoms with E-state index < -0.39 is 10.2 Å². The quantitative estimate of drug-likeness (QED) is 0.731. The van der Waals surface area contributed by atoms with Gasteiger partial charge in [-0.15, -0.1) is 0 Å². The summed E-state index contributed by atoms with van der Waals surface area (Å²) in [6.45, 7) is 2.23. The van der Waals surface area contributed by atoms with Crippen LogP contribution in [-0.4, -0.2) is 42.0 Å². The van der Waals surface area contributed by atoms with Crippen molar-refractivity contribution in [2.45, 2.75) is 25.8 Å². The lowest BCUT2D eigenvalue weighted by molar-refractivity contribution is 0.304. The summed E-state index contributed by atoms with van der Waals surface area (Å²) in [6, 6.07) is 9.75. The molecule has 6 heteroatoms. The molecule has 0 radical (unpaired) electrons. The van der Waals surface area contributed by atoms with Crippen LogP contribution in [0.15, 0.2) is 30.3 Å². The van der Waals surface area contributed by atoms with Gasteiger partial charge in [0.2, 0.25) is 0 Å². The number of benzene rings is 1. The number of hydrogen-bond acceptors (Lipinski definition) is 2. The molecule has 0 bridgehead atoms. The minimum absolute atomic E-state index is 0.436. The maximum absolute atomic E-state index is 12.7. The molecule has 1 heterocycles. The van der Waals surface area contributed by atoms with Crippen LogP contribution in [0.1, 0.15) is 24.8 Å². The molecule has 0 spiro atoms. The van der Waals surface area contributed by atoms with Crippen LogP contribution in [-0.2, 0) is 16.8 Å². The predicted molar refractivity (Wildman–Crippen MR) is 85.0 cm³/mol. The molecule has 0 amide bonds. The maximum Gasteiger partial charge on any atom is 0.282 e. The van der Waals surface area contributed by atoms with E-state index in [0.717, 1.165) is 24.8 Å². The van der Waals surface area contributed by atoms with Gasteiger partial charge in [0.05, 0.1) is 0 Å². The summed E-state index contributed by atoms with van der Waals surface area (Å²) in [5.74, 6) is 0. The van der Waals surface area contributed by atoms with Crippen LogP contribution < -0.4 is 0 Å². The third kappa shape index (κ3) is 4.04. The first kappa shape index (κ1) is 15.9. The molecular weight excluding hydrogens is 340 g/mol. The summed E-state index contributed by atoms with van der Waals surface area (Å²) >= 11 is 3.36. The van der Waals surface area contributed by atoms with Crippen molar-refractivity contribution >= 4 is 26.1 Å². The van der Waals surface area contributed by atoms with Crippen molar-refractivity contribution in [1.82, 2.24) is 8.61 Å². The highest BCUT2D eigenvalue weighted by Gasteiger charge is 2.30. The van der Waals surface area contributed by atoms with Crippen molar-refractivity contribution in [3.05, 3.63) is 35.9 Å². The molecule has 1 aromatic rings. The van der Waals surface area contributed by atoms with Gasteiger partial charge in [0.1, 0.15) is 0 Å². The van der Waals surface area contributed by atoms with Crippen molar-refractivity contribution < 1.29 is 8.42 Å². The lowest BCUT2D eigenvalue weighted by atomic mass is 10.2. The largest absolute Gasteiger partial charge is 0.282 e. The lowest BCUT2D eigenvalue weighted by Crippen LogP contribution is -2.46. The number of alkyl halides is 1. The molecule has 0 unspecified atom stereocenters. The summed E-state index contributed by atoms with van der Waals surface area (Å²) in [6.07, 6.45) is 3.06. The fourth-order valence-electron chi connectivity index (χ4n) is 2.42. The van der Waals surface area contributed by atoms with Gasteiger partial charge in [-0.3, -0.25) is 0 Å². The molecule has 0 N–H and O–H groups in total. The van der Waals surface area contributed by atoms with E-state index in [1.54, 1.807) is 8.61 Å². The number of nitrogens with zero attached hydrogens (tertiary/aromatic N) is 2. The minimum atomic E-state index is -3.35. The number of hydrogen-bond donors (Lipinski definition) is 0. The summed E-state index contributed by atoms with van der Waals surface area (Å²) in [7, 11) is -3.35. The molecule has 1 saturated heterocycles. The monoisotopic (exact) mass is 360 g/mol. The smallest absolute Gasteiger partial charge is 0.195 e. The Kier molecular flexibility index (Phi) is 6.01. The van der Waals surface area contributed by atoms with Gasteiger partial charge < -0.3 is 0 Å². The first-order valence-corrected chi connectivity index (χ1v) is 9.51. The van der Waals surface area contributed by atoms with E-state index in [9.17, 15) is 8.42 Å². The molecule has 1 aliphatic rings. The molecule has 1 aromatic carbocycles. The lowest BCUT2D eigenvalue weighted by Gasteiger charge is -2.32. The van der Waals surface area contributed by atoms with Gasteiger partial charge in [-0.25, -0.2) is 0 Å². The van der Waals surface area contributed by atoms with Crippen LogP contribution >= 0.6 is 15.9 Å². The SMILES string of the molecule is O=S(=O)(N1CCCCC1)N(CCBr)Cc1ccccc1. The van der Waals surface area contributed by atoms with Gasteiger partial charge >= 0.3 is 0 Å². The first-order chi connectivity index (χ1) is 9.64. The highest BCUT2D eigenvalue weighted by molar-refractivity contribution is 9.09. The third-order valence-corrected chi connectivity index (χ3v) is 5.84. The van der Waals surface area contributed by atoms with Crippen LogP contribution in [0.25, 0.3) is 0 Å². The molecule has 20 heavy (non-hydrogen) atoms. The highest BCUT2D eigenvalue weighted by Crippen LogP contribution is 2.18. The number of rotatable bonds is 6. The molecule has 1 fully saturated rings. The van der Waals surface area contributed by atoms with E-state index >= 15 is 0 Å². The average Bonchev–Trinajstić information content (AvgIpc) is 2.49. The Bertz CT molecular complexity index is 501. The van der Waals surface area contributed by atoms with E-state index in [0.29, 0.717) is 31.5 Å². The second kappa shape index (κ2) is 7.54. The fourth-order valence-corrected chi connectivity index (χ4v) is 4.76. The molecule has 112 valence electrons. The second-order valence-corrected chi connectivity index (χ2v) is 7.70. The summed E-state index contributed by atoms with van der Waals surface area (Å²) in [4.78, 5) is 0. The van der Waals surface area contributed by atoms with Crippen molar-refractivity contribution in [2.75, 3.05) is 25.0 Å². The second-order valence-electron chi connectivity index (χ2n) is 4.98. The zero-order valence-corrected chi connectivity index (χ0v) is 13.9. The maximum atomic E-state index is 12.7. The summed E-state index contributed by atoms with van der Waals surface area (Å²) < 4.78 is 28.6. The Labute approximate surface area is 130 Å². The van der Waals surface area contributed by atoms with E-state index in [4.69, 9.17) is 0 Å². The van der Waals surface area contributed by atoms with Crippen LogP contribution in [0.3, 0.4) is 0 Å². The zero-order chi connectivity index (χ0) is 14.4. The zero-order valence-electron chi connectivity index (χ0n) is 11.5. The van der Waals surface area contributed by atoms with Gasteiger partial charge in [-0.1, -0.05) is 52.7 Å². The van der Waals surface area contributed by atoms with Crippen molar-refractivity contribution in [2.24, 2.45) is 0 Å². The van der Waals surface area contributed by atoms with Gasteiger partial charge in [0.15, 0.2) is 0 Å². The topological polar surface area (TPSA) is 40.6 Å². The van der Waals surface area contributed by atoms with Crippen LogP contribution in [0.4, 0.5) is 0 Å². The standard InChI is InChI=1S/C14H21BrN2O2S/c15-9-12-17(13-14-7-3-1-4-8-14)20(18,19)16-10-5-2-6-11-16/h1,3-4,7-8H,2,5-6,9-13H2. The molecular formula is C14H21BrN2O2S. The predicted octanol–water partition coefficient (Wildman–Crippen LogP) is 2.61. The fraction of sp³-hybridized carbons (Fsp3) is 0.571. The Hall–Kier alpha value is -0.430. The normalized spacial score (nSPS) is 17.5. The van der Waals surface area contributed by atoms with Crippen molar-refractivity contribution in [1.29, 1.82) is 0 Å². The summed E-state index contributed by atoms with van der Waals surface area (Å²) in [5, 5.41) is 0.646. The Morgan fingerprint density at radius 1 is 1.10 bits per heavy atom. The number of halogens is 1. The minimum Gasteiger partial charge on any atom is -0.195 e. The molecule has 0 saturated carbocycles. The molecule has 0 atom stereocenters. The van der Waals surface area contributed by atoms with Gasteiger partial charge in [0, 0.05) is 31.5 Å². The van der Waals surface area contributed by atoms with Crippen LogP contribution in [0.2, 0.25) is 0 Å². The molecule has 0 aliphatic carbocycles. The van der Waals surface area contributed by atoms with E-state index in [1.807, 2.05) is 30.3 Å². The van der Waals surface area contributed by atoms with E-state index in [2.05, 4.69) is 15.9 Å². The first-order valence-electron chi connectivity index (χ1n) is 6.99. The Morgan fingerprint density at radius 3 is 2.35 bits per heavy atom. The van der Waals surface area contributed by atoms with Gasteiger partial charge in [-0.05, 0) is 18.4 Å². The Balaban J connectivity index is 2.14. The molecule has 0 aromatic heterocycles. The van der Waals surface area contributed by atoms with E-state index in [1.165, 1.54) is 0 Å². The van der Waals surface area contributed by atoms with Crippen LogP contribution in [0.5, 0.6) is 0 Å². The van der Waals surface area contributed by atoms with Crippen molar-refractivity contribution in [3.63, 3.8) is 0 Å². The highest BCUT2D eigenvalue weighted by atomic mass is 79.9. The molecule has 1 aliphatic heterocycles. The number of piperidine rings is 1. The Morgan fingerprint density at radius 2 is 1.75 bits per heavy atom. The average molecular weight is 361 g/mol. The van der Waals surface area contributed by atoms with Crippen molar-refractivity contribution in [3.8, 4) is 0 Å². The third-order valence-electron chi connectivity index (χ3n) is 3.50. The van der Waals surface area contributed by atoms with Gasteiger partial charge in [0.25, 0.3) is 10.2 Å². The molecule has 4 nitrogen and oxygen atoms in total. The molecule has 2 rings (SSSR count).